The maximum Gasteiger partial charge on any atom is 0.344 e. The second-order valence-electron chi connectivity index (χ2n) is 7.50. The van der Waals surface area contributed by atoms with E-state index >= 15 is 0 Å². The molecule has 5 heteroatoms. The maximum absolute atomic E-state index is 12.1. The van der Waals surface area contributed by atoms with E-state index < -0.39 is 11.9 Å². The van der Waals surface area contributed by atoms with Gasteiger partial charge >= 0.3 is 11.9 Å². The number of carbonyl (C=O) groups excluding carboxylic acids is 2. The summed E-state index contributed by atoms with van der Waals surface area (Å²) in [7, 11) is 0. The van der Waals surface area contributed by atoms with Gasteiger partial charge in [-0.1, -0.05) is 33.3 Å². The lowest BCUT2D eigenvalue weighted by atomic mass is 9.75. The van der Waals surface area contributed by atoms with Gasteiger partial charge < -0.3 is 15.2 Å². The van der Waals surface area contributed by atoms with Crippen molar-refractivity contribution < 1.29 is 19.1 Å². The summed E-state index contributed by atoms with van der Waals surface area (Å²) in [5.74, 6) is 0.321. The normalized spacial score (nSPS) is 23.3. The van der Waals surface area contributed by atoms with E-state index in [9.17, 15) is 9.59 Å². The Morgan fingerprint density at radius 3 is 2.64 bits per heavy atom. The van der Waals surface area contributed by atoms with Crippen molar-refractivity contribution >= 4 is 17.6 Å². The van der Waals surface area contributed by atoms with Crippen molar-refractivity contribution in [3.05, 3.63) is 29.3 Å². The number of anilines is 1. The van der Waals surface area contributed by atoms with Crippen molar-refractivity contribution in [3.8, 4) is 0 Å². The van der Waals surface area contributed by atoms with Gasteiger partial charge in [0, 0.05) is 5.69 Å². The van der Waals surface area contributed by atoms with Crippen molar-refractivity contribution in [2.24, 2.45) is 17.8 Å². The predicted molar refractivity (Wildman–Crippen MR) is 97.1 cm³/mol. The van der Waals surface area contributed by atoms with Gasteiger partial charge in [0.05, 0.1) is 5.56 Å². The van der Waals surface area contributed by atoms with Crippen LogP contribution in [0.1, 0.15) is 56.0 Å². The summed E-state index contributed by atoms with van der Waals surface area (Å²) in [6, 6.07) is 4.94. The monoisotopic (exact) mass is 347 g/mol. The minimum absolute atomic E-state index is 0.0926. The maximum atomic E-state index is 12.1. The molecule has 0 spiro atoms. The Morgan fingerprint density at radius 2 is 2.00 bits per heavy atom. The zero-order chi connectivity index (χ0) is 18.6. The number of aryl methyl sites for hydroxylation is 1. The summed E-state index contributed by atoms with van der Waals surface area (Å²) in [4.78, 5) is 24.2. The highest BCUT2D eigenvalue weighted by atomic mass is 16.6. The minimum atomic E-state index is -0.568. The molecule has 1 saturated carbocycles. The van der Waals surface area contributed by atoms with E-state index in [0.717, 1.165) is 18.4 Å². The molecule has 0 aliphatic heterocycles. The number of carbonyl (C=O) groups is 2. The number of nitrogen functional groups attached to an aromatic ring is 1. The molecule has 3 atom stereocenters. The fraction of sp³-hybridized carbons (Fsp3) is 0.600. The summed E-state index contributed by atoms with van der Waals surface area (Å²) in [5.41, 5.74) is 7.54. The van der Waals surface area contributed by atoms with Crippen LogP contribution >= 0.6 is 0 Å². The third kappa shape index (κ3) is 5.21. The Morgan fingerprint density at radius 1 is 1.28 bits per heavy atom. The molecule has 1 aliphatic carbocycles. The van der Waals surface area contributed by atoms with E-state index in [1.807, 2.05) is 6.92 Å². The highest BCUT2D eigenvalue weighted by Gasteiger charge is 2.33. The average molecular weight is 347 g/mol. The quantitative estimate of drug-likeness (QED) is 0.648. The van der Waals surface area contributed by atoms with Crippen LogP contribution < -0.4 is 5.73 Å². The van der Waals surface area contributed by atoms with E-state index in [1.165, 1.54) is 6.42 Å². The number of benzene rings is 1. The van der Waals surface area contributed by atoms with Gasteiger partial charge in [-0.25, -0.2) is 9.59 Å². The molecule has 3 unspecified atom stereocenters. The number of ether oxygens (including phenoxy) is 2. The van der Waals surface area contributed by atoms with Gasteiger partial charge in [-0.15, -0.1) is 0 Å². The van der Waals surface area contributed by atoms with Crippen molar-refractivity contribution in [1.29, 1.82) is 0 Å². The van der Waals surface area contributed by atoms with Gasteiger partial charge in [0.25, 0.3) is 0 Å². The van der Waals surface area contributed by atoms with Gasteiger partial charge in [0.1, 0.15) is 6.10 Å². The fourth-order valence-electron chi connectivity index (χ4n) is 3.43. The molecule has 2 rings (SSSR count). The van der Waals surface area contributed by atoms with Crippen LogP contribution in [0.15, 0.2) is 18.2 Å². The second kappa shape index (κ2) is 8.37. The first-order chi connectivity index (χ1) is 11.8. The van der Waals surface area contributed by atoms with E-state index in [1.54, 1.807) is 18.2 Å². The topological polar surface area (TPSA) is 78.6 Å². The first-order valence-corrected chi connectivity index (χ1v) is 9.00. The predicted octanol–water partition coefficient (Wildman–Crippen LogP) is 3.74. The Bertz CT molecular complexity index is 626. The molecular formula is C20H29NO4. The number of hydrogen-bond acceptors (Lipinski definition) is 5. The van der Waals surface area contributed by atoms with E-state index in [4.69, 9.17) is 15.2 Å². The zero-order valence-electron chi connectivity index (χ0n) is 15.6. The molecule has 1 fully saturated rings. The molecule has 1 aliphatic rings. The third-order valence-electron chi connectivity index (χ3n) is 5.08. The molecule has 1 aromatic carbocycles. The zero-order valence-corrected chi connectivity index (χ0v) is 15.6. The van der Waals surface area contributed by atoms with Crippen LogP contribution in [-0.2, 0) is 14.3 Å². The Balaban J connectivity index is 1.88. The van der Waals surface area contributed by atoms with Crippen LogP contribution in [-0.4, -0.2) is 24.6 Å². The molecule has 0 saturated heterocycles. The van der Waals surface area contributed by atoms with Crippen LogP contribution in [0.2, 0.25) is 0 Å². The van der Waals surface area contributed by atoms with Crippen LogP contribution in [0, 0.1) is 24.7 Å². The fourth-order valence-corrected chi connectivity index (χ4v) is 3.43. The minimum Gasteiger partial charge on any atom is -0.460 e. The van der Waals surface area contributed by atoms with Gasteiger partial charge in [0.15, 0.2) is 6.61 Å². The summed E-state index contributed by atoms with van der Waals surface area (Å²) in [6.45, 7) is 7.98. The molecule has 2 N–H and O–H groups in total. The highest BCUT2D eigenvalue weighted by Crippen LogP contribution is 2.35. The van der Waals surface area contributed by atoms with Gasteiger partial charge in [-0.2, -0.15) is 0 Å². The first kappa shape index (κ1) is 19.3. The summed E-state index contributed by atoms with van der Waals surface area (Å²) in [6.07, 6.45) is 3.02. The number of hydrogen-bond donors (Lipinski definition) is 1. The van der Waals surface area contributed by atoms with E-state index in [2.05, 4.69) is 20.8 Å². The van der Waals surface area contributed by atoms with Crippen molar-refractivity contribution in [1.82, 2.24) is 0 Å². The lowest BCUT2D eigenvalue weighted by molar-refractivity contribution is -0.159. The largest absolute Gasteiger partial charge is 0.460 e. The Kier molecular flexibility index (Phi) is 6.45. The van der Waals surface area contributed by atoms with Crippen LogP contribution in [0.3, 0.4) is 0 Å². The molecule has 0 bridgehead atoms. The number of esters is 2. The lowest BCUT2D eigenvalue weighted by Gasteiger charge is -2.36. The summed E-state index contributed by atoms with van der Waals surface area (Å²) < 4.78 is 10.7. The number of nitrogens with two attached hydrogens (primary N) is 1. The summed E-state index contributed by atoms with van der Waals surface area (Å²) >= 11 is 0. The van der Waals surface area contributed by atoms with Crippen LogP contribution in [0.5, 0.6) is 0 Å². The van der Waals surface area contributed by atoms with E-state index in [-0.39, 0.29) is 12.7 Å². The average Bonchev–Trinajstić information content (AvgIpc) is 2.55. The molecule has 0 aromatic heterocycles. The smallest absolute Gasteiger partial charge is 0.344 e. The van der Waals surface area contributed by atoms with Crippen molar-refractivity contribution in [2.75, 3.05) is 12.3 Å². The van der Waals surface area contributed by atoms with Crippen LogP contribution in [0.4, 0.5) is 5.69 Å². The Hall–Kier alpha value is -2.04. The molecule has 1 aromatic rings. The number of rotatable bonds is 5. The van der Waals surface area contributed by atoms with Gasteiger partial charge in [-0.3, -0.25) is 0 Å². The summed E-state index contributed by atoms with van der Waals surface area (Å²) in [5, 5.41) is 0. The van der Waals surface area contributed by atoms with Crippen molar-refractivity contribution in [3.63, 3.8) is 0 Å². The van der Waals surface area contributed by atoms with Gasteiger partial charge in [-0.05, 0) is 55.2 Å². The molecule has 138 valence electrons. The molecule has 0 radical (unpaired) electrons. The first-order valence-electron chi connectivity index (χ1n) is 9.00. The third-order valence-corrected chi connectivity index (χ3v) is 5.08. The Labute approximate surface area is 149 Å². The highest BCUT2D eigenvalue weighted by molar-refractivity contribution is 5.91. The lowest BCUT2D eigenvalue weighted by Crippen LogP contribution is -2.36. The molecule has 25 heavy (non-hydrogen) atoms. The molecule has 0 amide bonds. The molecule has 0 heterocycles. The molecular weight excluding hydrogens is 318 g/mol. The second-order valence-corrected chi connectivity index (χ2v) is 7.50. The standard InChI is InChI=1S/C20H29NO4/c1-12(2)16-8-5-13(3)9-18(16)25-19(22)11-24-20(23)15-7-6-14(4)17(21)10-15/h6-7,10,12-13,16,18H,5,8-9,11,21H2,1-4H3. The van der Waals surface area contributed by atoms with Crippen molar-refractivity contribution in [2.45, 2.75) is 53.1 Å². The molecule has 5 nitrogen and oxygen atoms in total. The SMILES string of the molecule is Cc1ccc(C(=O)OCC(=O)OC2CC(C)CCC2C(C)C)cc1N. The van der Waals surface area contributed by atoms with E-state index in [0.29, 0.717) is 29.0 Å². The van der Waals surface area contributed by atoms with Gasteiger partial charge in [0.2, 0.25) is 0 Å². The van der Waals surface area contributed by atoms with Crippen LogP contribution in [0.25, 0.3) is 0 Å².